The van der Waals surface area contributed by atoms with E-state index >= 15 is 0 Å². The molecule has 123 radical (unpaired) electrons. The molecule has 0 fully saturated rings. The Bertz CT molecular complexity index is 0. The molecule has 0 aromatic heterocycles. The fourth-order valence-electron chi connectivity index (χ4n) is 0. The van der Waals surface area contributed by atoms with Crippen LogP contribution in [0, 0.1) is 0 Å². The van der Waals surface area contributed by atoms with Gasteiger partial charge in [-0.05, 0) is 0 Å². The summed E-state index contributed by atoms with van der Waals surface area (Å²) in [5.74, 6) is 0. The standard InChI is InChI=1S/123V. The number of rotatable bonds is 0. The van der Waals surface area contributed by atoms with Crippen LogP contribution in [0.25, 0.3) is 0 Å². The Labute approximate surface area is 2220 Å². The third-order valence-corrected chi connectivity index (χ3v) is 0. The van der Waals surface area contributed by atoms with Crippen molar-refractivity contribution in [3.05, 3.63) is 0 Å². The van der Waals surface area contributed by atoms with Crippen LogP contribution < -0.4 is 0 Å². The van der Waals surface area contributed by atoms with Crippen molar-refractivity contribution in [3.8, 4) is 0 Å². The molecule has 0 rings (SSSR count). The van der Waals surface area contributed by atoms with Gasteiger partial charge < -0.3 is 0 Å². The summed E-state index contributed by atoms with van der Waals surface area (Å²) in [4.78, 5) is 0. The molecule has 0 nitrogen and oxygen atoms in total. The normalized spacial score (nSPS) is 0. The Kier molecular flexibility index (Phi) is 16100. The monoisotopic (exact) mass is 6270 g/mol. The molecule has 0 amide bonds. The molecule has 0 saturated heterocycles. The van der Waals surface area contributed by atoms with Crippen molar-refractivity contribution in [1.29, 1.82) is 0 Å². The van der Waals surface area contributed by atoms with Crippen molar-refractivity contribution in [2.75, 3.05) is 0 Å². The molecule has 0 aromatic rings. The second-order valence-corrected chi connectivity index (χ2v) is 0. The van der Waals surface area contributed by atoms with Crippen LogP contribution in [0.5, 0.6) is 0 Å². The minimum Gasteiger partial charge on any atom is 0 e. The Hall–Kier alpha value is 71.9. The number of hydrogen-bond donors (Lipinski definition) is 0. The molecular formula is V123. The molecule has 0 aliphatic carbocycles. The SMILES string of the molecule is [V].[V].[V].[V].[V].[V].[V].[V].[V].[V].[V].[V].[V].[V].[V].[V].[V].[V].[V].[V].[V].[V].[V].[V].[V].[V].[V].[V].[V].[V].[V].[V].[V].[V].[V].[V].[V].[V].[V].[V].[V].[V].[V].[V].[V].[V].[V].[V].[V].[V].[V].[V].[V].[V].[V].[V].[V].[V].[V].[V].[V].[V].[V].[V].[V].[V].[V].[V].[V].[V].[V].[V].[V].[V].[V].[V].[V].[V].[V].[V].[V].[V].[V].[V].[V].[V].[V].[V].[V].[V].[V].[V].[V].[V].[V].[V].[V].[V].[V].[V].[V].[V].[V].[V].[V].[V].[V].[V].[V].[V].[V].[V].[V].[V].[V].[V].[V].[V].[V].[V].[V].[V].[V]. The Morgan fingerprint density at radius 2 is 0.00813 bits per heavy atom. The fourth-order valence-corrected chi connectivity index (χ4v) is 0. The van der Waals surface area contributed by atoms with E-state index in [9.17, 15) is 0 Å². The molecule has 0 unspecified atom stereocenters. The van der Waals surface area contributed by atoms with Crippen molar-refractivity contribution in [2.45, 2.75) is 0 Å². The molecule has 0 N–H and O–H groups in total. The van der Waals surface area contributed by atoms with Crippen molar-refractivity contribution in [2.24, 2.45) is 0 Å². The largest absolute Gasteiger partial charge is 0 e. The molecule has 0 bridgehead atoms. The van der Waals surface area contributed by atoms with E-state index in [0.29, 0.717) is 0 Å². The topological polar surface area (TPSA) is 0 Å². The first kappa shape index (κ1) is 1420. The van der Waals surface area contributed by atoms with Crippen molar-refractivity contribution in [1.82, 2.24) is 0 Å². The summed E-state index contributed by atoms with van der Waals surface area (Å²) in [6, 6.07) is 0. The van der Waals surface area contributed by atoms with E-state index in [1.54, 1.807) is 0 Å². The van der Waals surface area contributed by atoms with Gasteiger partial charge >= 0.3 is 0 Å². The van der Waals surface area contributed by atoms with Gasteiger partial charge in [0.15, 0.2) is 0 Å². The first-order valence-corrected chi connectivity index (χ1v) is 0. The van der Waals surface area contributed by atoms with Gasteiger partial charge in [-0.25, -0.2) is 0 Å². The van der Waals surface area contributed by atoms with Crippen molar-refractivity contribution >= 4 is 0 Å². The van der Waals surface area contributed by atoms with Crippen LogP contribution in [0.4, 0.5) is 0 Å². The molecule has 615 valence electrons. The summed E-state index contributed by atoms with van der Waals surface area (Å²) in [7, 11) is 0. The molecule has 0 aromatic carbocycles. The van der Waals surface area contributed by atoms with E-state index in [0.717, 1.165) is 0 Å². The first-order valence-electron chi connectivity index (χ1n) is 0. The smallest absolute Gasteiger partial charge is 0 e. The molecule has 123 heavy (non-hydrogen) atoms. The minimum atomic E-state index is 0. The van der Waals surface area contributed by atoms with Crippen LogP contribution in [0.1, 0.15) is 0 Å². The van der Waals surface area contributed by atoms with Gasteiger partial charge in [-0.1, -0.05) is 0 Å². The quantitative estimate of drug-likeness (QED) is 0.313. The predicted octanol–water partition coefficient (Wildman–Crippen LogP) is -0.308. The second kappa shape index (κ2) is 1400. The Balaban J connectivity index is 0. The zero-order chi connectivity index (χ0) is 0. The molecular weight excluding hydrogens is 6270 g/mol. The zero-order valence-corrected chi connectivity index (χ0v) is 227. The molecule has 0 atom stereocenters. The second-order valence-electron chi connectivity index (χ2n) is 0. The zero-order valence-electron chi connectivity index (χ0n) is 55.0. The summed E-state index contributed by atoms with van der Waals surface area (Å²) >= 11 is 0. The summed E-state index contributed by atoms with van der Waals surface area (Å²) in [6.45, 7) is 0. The van der Waals surface area contributed by atoms with Crippen LogP contribution in [0.2, 0.25) is 0 Å². The fraction of sp³-hybridized carbons (Fsp3) is 0. The Morgan fingerprint density at radius 3 is 0.00813 bits per heavy atom. The van der Waals surface area contributed by atoms with Gasteiger partial charge in [0.1, 0.15) is 0 Å². The van der Waals surface area contributed by atoms with Gasteiger partial charge in [0.2, 0.25) is 0 Å². The van der Waals surface area contributed by atoms with Crippen LogP contribution in [0.15, 0.2) is 0 Å². The predicted molar refractivity (Wildman–Crippen MR) is 0 cm³/mol. The van der Waals surface area contributed by atoms with E-state index < -0.39 is 0 Å². The molecule has 0 aliphatic heterocycles. The molecule has 0 saturated carbocycles. The Morgan fingerprint density at radius 1 is 0.00813 bits per heavy atom. The maximum Gasteiger partial charge on any atom is 0 e. The van der Waals surface area contributed by atoms with Gasteiger partial charge in [0.05, 0.1) is 0 Å². The van der Waals surface area contributed by atoms with Crippen molar-refractivity contribution in [3.63, 3.8) is 0 Å². The van der Waals surface area contributed by atoms with Crippen LogP contribution in [-0.4, -0.2) is 0 Å². The summed E-state index contributed by atoms with van der Waals surface area (Å²) in [5.41, 5.74) is 0. The summed E-state index contributed by atoms with van der Waals surface area (Å²) in [5, 5.41) is 0. The first-order chi connectivity index (χ1) is 0. The van der Waals surface area contributed by atoms with E-state index in [1.807, 2.05) is 0 Å². The number of hydrogen-bond acceptors (Lipinski definition) is 0. The molecule has 123 heteroatoms. The van der Waals surface area contributed by atoms with E-state index in [2.05, 4.69) is 0 Å². The maximum atomic E-state index is 0. The molecule has 0 heterocycles. The van der Waals surface area contributed by atoms with Crippen LogP contribution in [-0.2, 0) is 2280 Å². The van der Waals surface area contributed by atoms with Crippen LogP contribution >= 0.6 is 0 Å². The average Bonchev–Trinajstić information content (AvgIpc) is 0. The van der Waals surface area contributed by atoms with Gasteiger partial charge in [0, 0.05) is 2280 Å². The van der Waals surface area contributed by atoms with Crippen LogP contribution in [0.3, 0.4) is 0 Å². The van der Waals surface area contributed by atoms with Gasteiger partial charge in [0.25, 0.3) is 0 Å². The van der Waals surface area contributed by atoms with E-state index in [1.165, 1.54) is 0 Å². The molecule has 0 spiro atoms. The summed E-state index contributed by atoms with van der Waals surface area (Å²) in [6.07, 6.45) is 0. The van der Waals surface area contributed by atoms with Gasteiger partial charge in [-0.3, -0.25) is 0 Å². The molecule has 0 aliphatic rings. The van der Waals surface area contributed by atoms with E-state index in [4.69, 9.17) is 0 Å². The average molecular weight is 6270 g/mol. The van der Waals surface area contributed by atoms with E-state index in [-0.39, 0.29) is 2280 Å². The van der Waals surface area contributed by atoms with Crippen molar-refractivity contribution < 1.29 is 2280 Å². The third-order valence-electron chi connectivity index (χ3n) is 0. The minimum absolute atomic E-state index is 0. The van der Waals surface area contributed by atoms with Gasteiger partial charge in [-0.15, -0.1) is 0 Å². The maximum absolute atomic E-state index is 0. The third kappa shape index (κ3) is 1380. The van der Waals surface area contributed by atoms with Gasteiger partial charge in [-0.2, -0.15) is 0 Å². The summed E-state index contributed by atoms with van der Waals surface area (Å²) < 4.78 is 0.